The topological polar surface area (TPSA) is 54.4 Å². The number of Topliss-reactive ketones (excluding diaryl/α,β-unsaturated/α-hetero) is 2. The van der Waals surface area contributed by atoms with E-state index in [-0.39, 0.29) is 41.7 Å². The SMILES string of the molecule is CCC(=O)C1=C(O)CC(c2c(C)cc(C)c(Br)c2C)CC1=O. The smallest absolute Gasteiger partial charge is 0.170 e. The van der Waals surface area contributed by atoms with E-state index in [9.17, 15) is 14.7 Å². The molecule has 118 valence electrons. The summed E-state index contributed by atoms with van der Waals surface area (Å²) in [7, 11) is 0. The van der Waals surface area contributed by atoms with Gasteiger partial charge in [0.15, 0.2) is 11.6 Å². The molecule has 1 N–H and O–H groups in total. The van der Waals surface area contributed by atoms with Crippen molar-refractivity contribution in [2.45, 2.75) is 52.9 Å². The number of ketones is 2. The first-order chi connectivity index (χ1) is 10.3. The van der Waals surface area contributed by atoms with Crippen molar-refractivity contribution in [1.29, 1.82) is 0 Å². The summed E-state index contributed by atoms with van der Waals surface area (Å²) in [6.07, 6.45) is 0.871. The van der Waals surface area contributed by atoms with Crippen molar-refractivity contribution in [2.75, 3.05) is 0 Å². The van der Waals surface area contributed by atoms with Crippen LogP contribution in [0.1, 0.15) is 54.4 Å². The van der Waals surface area contributed by atoms with Crippen LogP contribution in [0.15, 0.2) is 21.9 Å². The van der Waals surface area contributed by atoms with Crippen LogP contribution in [0.2, 0.25) is 0 Å². The maximum Gasteiger partial charge on any atom is 0.170 e. The fraction of sp³-hybridized carbons (Fsp3) is 0.444. The normalized spacial score (nSPS) is 18.8. The van der Waals surface area contributed by atoms with Gasteiger partial charge in [0.25, 0.3) is 0 Å². The van der Waals surface area contributed by atoms with Crippen LogP contribution in [-0.4, -0.2) is 16.7 Å². The maximum atomic E-state index is 12.3. The van der Waals surface area contributed by atoms with Crippen LogP contribution in [0, 0.1) is 20.8 Å². The highest BCUT2D eigenvalue weighted by molar-refractivity contribution is 9.10. The molecule has 1 aromatic rings. The summed E-state index contributed by atoms with van der Waals surface area (Å²) in [6.45, 7) is 7.79. The Morgan fingerprint density at radius 3 is 2.45 bits per heavy atom. The second-order valence-electron chi connectivity index (χ2n) is 5.99. The van der Waals surface area contributed by atoms with E-state index in [2.05, 4.69) is 22.0 Å². The van der Waals surface area contributed by atoms with Crippen molar-refractivity contribution in [2.24, 2.45) is 0 Å². The molecule has 0 aliphatic heterocycles. The predicted molar refractivity (Wildman–Crippen MR) is 90.3 cm³/mol. The second kappa shape index (κ2) is 6.37. The summed E-state index contributed by atoms with van der Waals surface area (Å²) in [5.41, 5.74) is 4.49. The minimum Gasteiger partial charge on any atom is -0.511 e. The number of aliphatic hydroxyl groups is 1. The molecule has 0 amide bonds. The number of allylic oxidation sites excluding steroid dienone is 2. The molecule has 22 heavy (non-hydrogen) atoms. The molecule has 0 aromatic heterocycles. The number of benzene rings is 1. The molecule has 0 spiro atoms. The van der Waals surface area contributed by atoms with Crippen LogP contribution in [0.4, 0.5) is 0 Å². The predicted octanol–water partition coefficient (Wildman–Crippen LogP) is 4.61. The lowest BCUT2D eigenvalue weighted by molar-refractivity contribution is -0.122. The van der Waals surface area contributed by atoms with Crippen LogP contribution in [0.3, 0.4) is 0 Å². The lowest BCUT2D eigenvalue weighted by atomic mass is 9.78. The lowest BCUT2D eigenvalue weighted by Gasteiger charge is -2.27. The minimum absolute atomic E-state index is 0.0141. The molecule has 0 fully saturated rings. The number of rotatable bonds is 3. The Balaban J connectivity index is 2.47. The number of hydrogen-bond donors (Lipinski definition) is 1. The molecule has 0 saturated carbocycles. The third kappa shape index (κ3) is 2.89. The van der Waals surface area contributed by atoms with E-state index in [1.807, 2.05) is 20.8 Å². The standard InChI is InChI=1S/C18H21BrO3/c1-5-13(20)17-14(21)7-12(8-15(17)22)16-9(2)6-10(3)18(19)11(16)4/h6,12,21H,5,7-8H2,1-4H3. The molecule has 0 bridgehead atoms. The van der Waals surface area contributed by atoms with Crippen molar-refractivity contribution in [1.82, 2.24) is 0 Å². The van der Waals surface area contributed by atoms with Crippen molar-refractivity contribution < 1.29 is 14.7 Å². The van der Waals surface area contributed by atoms with E-state index in [4.69, 9.17) is 0 Å². The van der Waals surface area contributed by atoms with Crippen LogP contribution in [0.25, 0.3) is 0 Å². The summed E-state index contributed by atoms with van der Waals surface area (Å²) in [6, 6.07) is 2.09. The molecule has 1 aromatic carbocycles. The van der Waals surface area contributed by atoms with Gasteiger partial charge in [-0.25, -0.2) is 0 Å². The summed E-state index contributed by atoms with van der Waals surface area (Å²) in [4.78, 5) is 24.1. The number of halogens is 1. The van der Waals surface area contributed by atoms with Gasteiger partial charge in [-0.1, -0.05) is 28.9 Å². The first-order valence-corrected chi connectivity index (χ1v) is 8.31. The average molecular weight is 365 g/mol. The zero-order chi connectivity index (χ0) is 16.6. The zero-order valence-electron chi connectivity index (χ0n) is 13.4. The summed E-state index contributed by atoms with van der Waals surface area (Å²) in [5, 5.41) is 10.2. The first-order valence-electron chi connectivity index (χ1n) is 7.52. The first kappa shape index (κ1) is 16.9. The molecular formula is C18H21BrO3. The number of carbonyl (C=O) groups is 2. The third-order valence-corrected chi connectivity index (χ3v) is 5.60. The molecule has 1 aliphatic carbocycles. The van der Waals surface area contributed by atoms with Gasteiger partial charge in [-0.3, -0.25) is 9.59 Å². The molecule has 1 aliphatic rings. The lowest BCUT2D eigenvalue weighted by Crippen LogP contribution is -2.24. The number of aliphatic hydroxyl groups excluding tert-OH is 1. The highest BCUT2D eigenvalue weighted by Gasteiger charge is 2.33. The molecular weight excluding hydrogens is 344 g/mol. The van der Waals surface area contributed by atoms with Crippen LogP contribution < -0.4 is 0 Å². The van der Waals surface area contributed by atoms with E-state index in [1.165, 1.54) is 0 Å². The Hall–Kier alpha value is -1.42. The van der Waals surface area contributed by atoms with Crippen molar-refractivity contribution in [3.05, 3.63) is 44.1 Å². The van der Waals surface area contributed by atoms with Gasteiger partial charge in [-0.05, 0) is 48.9 Å². The Labute approximate surface area is 139 Å². The molecule has 1 unspecified atom stereocenters. The molecule has 2 rings (SSSR count). The monoisotopic (exact) mass is 364 g/mol. The molecule has 1 atom stereocenters. The van der Waals surface area contributed by atoms with Gasteiger partial charge in [-0.2, -0.15) is 0 Å². The van der Waals surface area contributed by atoms with Crippen LogP contribution in [-0.2, 0) is 9.59 Å². The number of hydrogen-bond acceptors (Lipinski definition) is 3. The Bertz CT molecular complexity index is 686. The van der Waals surface area contributed by atoms with E-state index in [1.54, 1.807) is 6.92 Å². The molecule has 0 radical (unpaired) electrons. The second-order valence-corrected chi connectivity index (χ2v) is 6.78. The Morgan fingerprint density at radius 2 is 1.91 bits per heavy atom. The highest BCUT2D eigenvalue weighted by atomic mass is 79.9. The largest absolute Gasteiger partial charge is 0.511 e. The number of carbonyl (C=O) groups excluding carboxylic acids is 2. The van der Waals surface area contributed by atoms with Gasteiger partial charge in [-0.15, -0.1) is 0 Å². The molecule has 4 heteroatoms. The van der Waals surface area contributed by atoms with E-state index in [0.717, 1.165) is 26.7 Å². The zero-order valence-corrected chi connectivity index (χ0v) is 15.0. The maximum absolute atomic E-state index is 12.3. The van der Waals surface area contributed by atoms with Crippen LogP contribution in [0.5, 0.6) is 0 Å². The fourth-order valence-corrected chi connectivity index (χ4v) is 3.72. The summed E-state index contributed by atoms with van der Waals surface area (Å²) >= 11 is 3.59. The highest BCUT2D eigenvalue weighted by Crippen LogP contribution is 2.39. The van der Waals surface area contributed by atoms with Crippen LogP contribution >= 0.6 is 15.9 Å². The Kier molecular flexibility index (Phi) is 4.90. The van der Waals surface area contributed by atoms with Crippen molar-refractivity contribution in [3.63, 3.8) is 0 Å². The van der Waals surface area contributed by atoms with Gasteiger partial charge in [0.1, 0.15) is 5.76 Å². The van der Waals surface area contributed by atoms with Crippen molar-refractivity contribution in [3.8, 4) is 0 Å². The quantitative estimate of drug-likeness (QED) is 0.796. The molecule has 3 nitrogen and oxygen atoms in total. The molecule has 0 saturated heterocycles. The van der Waals surface area contributed by atoms with Gasteiger partial charge in [0.05, 0.1) is 5.57 Å². The van der Waals surface area contributed by atoms with Gasteiger partial charge in [0, 0.05) is 23.7 Å². The van der Waals surface area contributed by atoms with E-state index >= 15 is 0 Å². The summed E-state index contributed by atoms with van der Waals surface area (Å²) < 4.78 is 1.04. The van der Waals surface area contributed by atoms with Crippen molar-refractivity contribution >= 4 is 27.5 Å². The average Bonchev–Trinajstić information content (AvgIpc) is 2.44. The van der Waals surface area contributed by atoms with Gasteiger partial charge >= 0.3 is 0 Å². The van der Waals surface area contributed by atoms with E-state index in [0.29, 0.717) is 6.42 Å². The van der Waals surface area contributed by atoms with E-state index < -0.39 is 0 Å². The fourth-order valence-electron chi connectivity index (χ4n) is 3.40. The number of aryl methyl sites for hydroxylation is 2. The van der Waals surface area contributed by atoms with Gasteiger partial charge in [0.2, 0.25) is 0 Å². The van der Waals surface area contributed by atoms with Gasteiger partial charge < -0.3 is 5.11 Å². The molecule has 0 heterocycles. The Morgan fingerprint density at radius 1 is 1.27 bits per heavy atom. The third-order valence-electron chi connectivity index (χ3n) is 4.38. The minimum atomic E-state index is -0.264. The summed E-state index contributed by atoms with van der Waals surface area (Å²) in [5.74, 6) is -0.628.